The number of hydrogen-bond donors (Lipinski definition) is 2. The molecule has 0 aromatic heterocycles. The van der Waals surface area contributed by atoms with E-state index < -0.39 is 10.0 Å². The Morgan fingerprint density at radius 2 is 2.08 bits per heavy atom. The quantitative estimate of drug-likeness (QED) is 0.759. The first-order valence-electron chi connectivity index (χ1n) is 8.23. The molecule has 0 bridgehead atoms. The third-order valence-electron chi connectivity index (χ3n) is 4.58. The molecule has 2 N–H and O–H groups in total. The number of benzene rings is 1. The van der Waals surface area contributed by atoms with Gasteiger partial charge in [0.25, 0.3) is 0 Å². The predicted molar refractivity (Wildman–Crippen MR) is 93.5 cm³/mol. The Hall–Kier alpha value is -2.19. The van der Waals surface area contributed by atoms with Crippen molar-refractivity contribution >= 4 is 27.5 Å². The van der Waals surface area contributed by atoms with Crippen LogP contribution in [0.1, 0.15) is 18.4 Å². The van der Waals surface area contributed by atoms with E-state index in [4.69, 9.17) is 0 Å². The van der Waals surface area contributed by atoms with Gasteiger partial charge in [-0.05, 0) is 36.6 Å². The van der Waals surface area contributed by atoms with Crippen LogP contribution in [0.4, 0.5) is 5.69 Å². The van der Waals surface area contributed by atoms with Crippen LogP contribution < -0.4 is 10.6 Å². The van der Waals surface area contributed by atoms with Gasteiger partial charge in [-0.2, -0.15) is 4.31 Å². The minimum atomic E-state index is -3.62. The standard InChI is InChI=1S/C17H21N3O4S/c1-2-7-18-17(22)12-5-8-20(9-6-12)25(23,24)14-3-4-15-13(10-14)11-16(21)19-15/h2-4,10,12H,1,5-9,11H2,(H,18,22)(H,19,21). The molecule has 7 nitrogen and oxygen atoms in total. The maximum Gasteiger partial charge on any atom is 0.243 e. The summed E-state index contributed by atoms with van der Waals surface area (Å²) in [6, 6.07) is 4.71. The predicted octanol–water partition coefficient (Wildman–Crippen LogP) is 0.884. The summed E-state index contributed by atoms with van der Waals surface area (Å²) in [4.78, 5) is 23.6. The fourth-order valence-electron chi connectivity index (χ4n) is 3.19. The zero-order valence-electron chi connectivity index (χ0n) is 13.8. The zero-order chi connectivity index (χ0) is 18.0. The molecule has 134 valence electrons. The molecule has 2 aliphatic heterocycles. The molecule has 3 rings (SSSR count). The largest absolute Gasteiger partial charge is 0.352 e. The first-order valence-corrected chi connectivity index (χ1v) is 9.67. The van der Waals surface area contributed by atoms with Crippen molar-refractivity contribution in [1.29, 1.82) is 0 Å². The van der Waals surface area contributed by atoms with E-state index in [9.17, 15) is 18.0 Å². The molecule has 25 heavy (non-hydrogen) atoms. The highest BCUT2D eigenvalue weighted by atomic mass is 32.2. The highest BCUT2D eigenvalue weighted by Crippen LogP contribution is 2.29. The number of piperidine rings is 1. The van der Waals surface area contributed by atoms with Crippen molar-refractivity contribution in [3.63, 3.8) is 0 Å². The molecule has 1 saturated heterocycles. The van der Waals surface area contributed by atoms with Gasteiger partial charge in [-0.3, -0.25) is 9.59 Å². The molecule has 2 heterocycles. The number of fused-ring (bicyclic) bond motifs is 1. The van der Waals surface area contributed by atoms with Crippen LogP contribution in [0.2, 0.25) is 0 Å². The van der Waals surface area contributed by atoms with Crippen LogP contribution in [-0.2, 0) is 26.0 Å². The molecule has 2 amide bonds. The second-order valence-corrected chi connectivity index (χ2v) is 8.19. The van der Waals surface area contributed by atoms with E-state index in [0.717, 1.165) is 0 Å². The summed E-state index contributed by atoms with van der Waals surface area (Å²) < 4.78 is 27.1. The van der Waals surface area contributed by atoms with E-state index in [1.807, 2.05) is 0 Å². The SMILES string of the molecule is C=CCNC(=O)C1CCN(S(=O)(=O)c2ccc3c(c2)CC(=O)N3)CC1. The van der Waals surface area contributed by atoms with Gasteiger partial charge < -0.3 is 10.6 Å². The van der Waals surface area contributed by atoms with Crippen LogP contribution in [0.3, 0.4) is 0 Å². The molecule has 1 aromatic rings. The number of nitrogens with one attached hydrogen (secondary N) is 2. The minimum absolute atomic E-state index is 0.0564. The van der Waals surface area contributed by atoms with Gasteiger partial charge >= 0.3 is 0 Å². The van der Waals surface area contributed by atoms with E-state index >= 15 is 0 Å². The molecule has 0 aliphatic carbocycles. The molecule has 0 atom stereocenters. The van der Waals surface area contributed by atoms with Gasteiger partial charge in [0.05, 0.1) is 11.3 Å². The number of sulfonamides is 1. The topological polar surface area (TPSA) is 95.6 Å². The van der Waals surface area contributed by atoms with Gasteiger partial charge in [0.1, 0.15) is 0 Å². The lowest BCUT2D eigenvalue weighted by atomic mass is 9.97. The number of carbonyl (C=O) groups excluding carboxylic acids is 2. The number of anilines is 1. The van der Waals surface area contributed by atoms with Gasteiger partial charge in [-0.25, -0.2) is 8.42 Å². The monoisotopic (exact) mass is 363 g/mol. The molecule has 0 unspecified atom stereocenters. The summed E-state index contributed by atoms with van der Waals surface area (Å²) in [5.41, 5.74) is 1.37. The van der Waals surface area contributed by atoms with Crippen molar-refractivity contribution in [2.75, 3.05) is 25.0 Å². The Morgan fingerprint density at radius 1 is 1.36 bits per heavy atom. The van der Waals surface area contributed by atoms with Gasteiger partial charge in [0.15, 0.2) is 0 Å². The van der Waals surface area contributed by atoms with E-state index in [-0.39, 0.29) is 29.0 Å². The average molecular weight is 363 g/mol. The fraction of sp³-hybridized carbons (Fsp3) is 0.412. The van der Waals surface area contributed by atoms with Crippen molar-refractivity contribution in [3.05, 3.63) is 36.4 Å². The second-order valence-electron chi connectivity index (χ2n) is 6.26. The maximum absolute atomic E-state index is 12.8. The number of rotatable bonds is 5. The maximum atomic E-state index is 12.8. The smallest absolute Gasteiger partial charge is 0.243 e. The number of hydrogen-bond acceptors (Lipinski definition) is 4. The second kappa shape index (κ2) is 6.97. The lowest BCUT2D eigenvalue weighted by Crippen LogP contribution is -2.43. The highest BCUT2D eigenvalue weighted by molar-refractivity contribution is 7.89. The Kier molecular flexibility index (Phi) is 4.91. The van der Waals surface area contributed by atoms with E-state index in [0.29, 0.717) is 43.7 Å². The third kappa shape index (κ3) is 3.59. The van der Waals surface area contributed by atoms with E-state index in [1.165, 1.54) is 10.4 Å². The molecule has 1 aromatic carbocycles. The van der Waals surface area contributed by atoms with Gasteiger partial charge in [-0.15, -0.1) is 6.58 Å². The Bertz CT molecular complexity index is 811. The highest BCUT2D eigenvalue weighted by Gasteiger charge is 2.32. The molecule has 2 aliphatic rings. The summed E-state index contributed by atoms with van der Waals surface area (Å²) in [7, 11) is -3.62. The molecule has 1 fully saturated rings. The lowest BCUT2D eigenvalue weighted by molar-refractivity contribution is -0.125. The summed E-state index contributed by atoms with van der Waals surface area (Å²) in [6.07, 6.45) is 2.80. The van der Waals surface area contributed by atoms with Crippen molar-refractivity contribution in [2.45, 2.75) is 24.2 Å². The lowest BCUT2D eigenvalue weighted by Gasteiger charge is -2.30. The zero-order valence-corrected chi connectivity index (χ0v) is 14.6. The van der Waals surface area contributed by atoms with Crippen LogP contribution in [-0.4, -0.2) is 44.2 Å². The van der Waals surface area contributed by atoms with E-state index in [1.54, 1.807) is 18.2 Å². The number of carbonyl (C=O) groups is 2. The molecule has 8 heteroatoms. The van der Waals surface area contributed by atoms with Crippen LogP contribution >= 0.6 is 0 Å². The molecular formula is C17H21N3O4S. The summed E-state index contributed by atoms with van der Waals surface area (Å²) in [5, 5.41) is 5.45. The van der Waals surface area contributed by atoms with Crippen molar-refractivity contribution in [2.24, 2.45) is 5.92 Å². The van der Waals surface area contributed by atoms with Gasteiger partial charge in [0, 0.05) is 31.2 Å². The summed E-state index contributed by atoms with van der Waals surface area (Å²) >= 11 is 0. The van der Waals surface area contributed by atoms with Crippen molar-refractivity contribution in [3.8, 4) is 0 Å². The molecular weight excluding hydrogens is 342 g/mol. The molecule has 0 saturated carbocycles. The average Bonchev–Trinajstić information content (AvgIpc) is 2.98. The van der Waals surface area contributed by atoms with Crippen molar-refractivity contribution in [1.82, 2.24) is 9.62 Å². The third-order valence-corrected chi connectivity index (χ3v) is 6.48. The van der Waals surface area contributed by atoms with Crippen LogP contribution in [0, 0.1) is 5.92 Å². The van der Waals surface area contributed by atoms with Crippen molar-refractivity contribution < 1.29 is 18.0 Å². The van der Waals surface area contributed by atoms with E-state index in [2.05, 4.69) is 17.2 Å². The van der Waals surface area contributed by atoms with Crippen LogP contribution in [0.15, 0.2) is 35.7 Å². The molecule has 0 spiro atoms. The first-order chi connectivity index (χ1) is 11.9. The Labute approximate surface area is 147 Å². The van der Waals surface area contributed by atoms with Gasteiger partial charge in [0.2, 0.25) is 21.8 Å². The Morgan fingerprint density at radius 3 is 2.76 bits per heavy atom. The first kappa shape index (κ1) is 17.6. The summed E-state index contributed by atoms with van der Waals surface area (Å²) in [6.45, 7) is 4.59. The Balaban J connectivity index is 1.68. The normalized spacial score (nSPS) is 18.5. The molecule has 0 radical (unpaired) electrons. The number of nitrogens with zero attached hydrogens (tertiary/aromatic N) is 1. The van der Waals surface area contributed by atoms with Gasteiger partial charge in [-0.1, -0.05) is 6.08 Å². The summed E-state index contributed by atoms with van der Waals surface area (Å²) in [5.74, 6) is -0.358. The van der Waals surface area contributed by atoms with Crippen LogP contribution in [0.5, 0.6) is 0 Å². The number of amides is 2. The van der Waals surface area contributed by atoms with Crippen LogP contribution in [0.25, 0.3) is 0 Å². The minimum Gasteiger partial charge on any atom is -0.352 e. The fourth-order valence-corrected chi connectivity index (χ4v) is 4.71.